The van der Waals surface area contributed by atoms with E-state index in [0.717, 1.165) is 0 Å². The number of amides is 2. The van der Waals surface area contributed by atoms with E-state index in [9.17, 15) is 18.4 Å². The molecule has 0 radical (unpaired) electrons. The van der Waals surface area contributed by atoms with Gasteiger partial charge in [0.25, 0.3) is 0 Å². The van der Waals surface area contributed by atoms with Crippen LogP contribution in [0.25, 0.3) is 22.4 Å². The van der Waals surface area contributed by atoms with Crippen LogP contribution in [0.3, 0.4) is 0 Å². The summed E-state index contributed by atoms with van der Waals surface area (Å²) in [6, 6.07) is 10.3. The third kappa shape index (κ3) is 6.57. The zero-order valence-electron chi connectivity index (χ0n) is 22.9. The average molecular weight is 552 g/mol. The summed E-state index contributed by atoms with van der Waals surface area (Å²) in [6.07, 6.45) is 1.79. The van der Waals surface area contributed by atoms with Gasteiger partial charge in [0.15, 0.2) is 11.6 Å². The summed E-state index contributed by atoms with van der Waals surface area (Å²) < 4.78 is 41.0. The van der Waals surface area contributed by atoms with Gasteiger partial charge in [0.2, 0.25) is 5.91 Å². The molecule has 9 nitrogen and oxygen atoms in total. The van der Waals surface area contributed by atoms with Crippen LogP contribution in [0.2, 0.25) is 0 Å². The standard InChI is InChI=1S/C29H31F2N5O4/c1-29(2,3)40-28(38)35-11-5-10-34(12-13-35)26(37)18-36-17-22(19-8-9-25(39-4)24(31)14-19)27(33-36)20-6-7-21(16-32)23(30)15-20/h6-9,14-15,17H,5,10-13,18H2,1-4H3. The highest BCUT2D eigenvalue weighted by atomic mass is 19.1. The van der Waals surface area contributed by atoms with Crippen molar-refractivity contribution in [1.82, 2.24) is 19.6 Å². The van der Waals surface area contributed by atoms with Crippen LogP contribution in [0.1, 0.15) is 32.8 Å². The second kappa shape index (κ2) is 11.7. The number of carbonyl (C=O) groups is 2. The Morgan fingerprint density at radius 3 is 2.33 bits per heavy atom. The topological polar surface area (TPSA) is 101 Å². The van der Waals surface area contributed by atoms with E-state index in [4.69, 9.17) is 14.7 Å². The Morgan fingerprint density at radius 1 is 1.00 bits per heavy atom. The van der Waals surface area contributed by atoms with E-state index in [1.807, 2.05) is 0 Å². The molecule has 1 fully saturated rings. The molecule has 2 aromatic carbocycles. The second-order valence-electron chi connectivity index (χ2n) is 10.4. The molecule has 1 aromatic heterocycles. The zero-order chi connectivity index (χ0) is 29.0. The maximum absolute atomic E-state index is 14.6. The van der Waals surface area contributed by atoms with Gasteiger partial charge in [0.05, 0.1) is 12.7 Å². The highest BCUT2D eigenvalue weighted by molar-refractivity contribution is 5.82. The number of hydrogen-bond acceptors (Lipinski definition) is 6. The largest absolute Gasteiger partial charge is 0.494 e. The molecule has 1 saturated heterocycles. The molecule has 0 saturated carbocycles. The van der Waals surface area contributed by atoms with Crippen LogP contribution >= 0.6 is 0 Å². The third-order valence-corrected chi connectivity index (χ3v) is 6.39. The fourth-order valence-electron chi connectivity index (χ4n) is 4.43. The van der Waals surface area contributed by atoms with Gasteiger partial charge in [-0.05, 0) is 57.0 Å². The highest BCUT2D eigenvalue weighted by Gasteiger charge is 2.26. The molecule has 210 valence electrons. The molecule has 40 heavy (non-hydrogen) atoms. The summed E-state index contributed by atoms with van der Waals surface area (Å²) in [5.41, 5.74) is 0.908. The minimum absolute atomic E-state index is 0.0684. The van der Waals surface area contributed by atoms with Crippen LogP contribution in [-0.4, -0.2) is 70.5 Å². The number of nitriles is 1. The molecule has 1 aliphatic rings. The monoisotopic (exact) mass is 551 g/mol. The summed E-state index contributed by atoms with van der Waals surface area (Å²) in [7, 11) is 1.36. The van der Waals surface area contributed by atoms with Gasteiger partial charge in [-0.3, -0.25) is 9.48 Å². The maximum atomic E-state index is 14.6. The molecule has 0 bridgehead atoms. The first-order valence-corrected chi connectivity index (χ1v) is 12.9. The van der Waals surface area contributed by atoms with E-state index < -0.39 is 23.3 Å². The molecule has 1 aliphatic heterocycles. The van der Waals surface area contributed by atoms with E-state index in [2.05, 4.69) is 5.10 Å². The van der Waals surface area contributed by atoms with Gasteiger partial charge in [0, 0.05) is 43.5 Å². The third-order valence-electron chi connectivity index (χ3n) is 6.39. The first-order chi connectivity index (χ1) is 19.0. The van der Waals surface area contributed by atoms with Crippen LogP contribution in [0.4, 0.5) is 13.6 Å². The lowest BCUT2D eigenvalue weighted by atomic mass is 10.0. The van der Waals surface area contributed by atoms with Crippen molar-refractivity contribution in [2.75, 3.05) is 33.3 Å². The minimum atomic E-state index is -0.711. The van der Waals surface area contributed by atoms with Crippen molar-refractivity contribution < 1.29 is 27.8 Å². The Balaban J connectivity index is 1.58. The molecule has 2 heterocycles. The molecule has 0 N–H and O–H groups in total. The van der Waals surface area contributed by atoms with Gasteiger partial charge in [0.1, 0.15) is 29.7 Å². The smallest absolute Gasteiger partial charge is 0.410 e. The minimum Gasteiger partial charge on any atom is -0.494 e. The molecular formula is C29H31F2N5O4. The second-order valence-corrected chi connectivity index (χ2v) is 10.4. The zero-order valence-corrected chi connectivity index (χ0v) is 22.9. The first kappa shape index (κ1) is 28.5. The lowest BCUT2D eigenvalue weighted by Crippen LogP contribution is -2.40. The lowest BCUT2D eigenvalue weighted by Gasteiger charge is -2.26. The molecule has 0 spiro atoms. The number of ether oxygens (including phenoxy) is 2. The van der Waals surface area contributed by atoms with Crippen molar-refractivity contribution in [3.63, 3.8) is 0 Å². The molecule has 0 aliphatic carbocycles. The molecule has 2 amide bonds. The van der Waals surface area contributed by atoms with Crippen LogP contribution in [0.15, 0.2) is 42.6 Å². The lowest BCUT2D eigenvalue weighted by molar-refractivity contribution is -0.131. The Bertz CT molecular complexity index is 1460. The van der Waals surface area contributed by atoms with E-state index in [-0.39, 0.29) is 23.8 Å². The molecule has 0 atom stereocenters. The van der Waals surface area contributed by atoms with Gasteiger partial charge in [-0.1, -0.05) is 12.1 Å². The van der Waals surface area contributed by atoms with Crippen molar-refractivity contribution in [3.8, 4) is 34.2 Å². The SMILES string of the molecule is COc1ccc(-c2cn(CC(=O)N3CCCN(C(=O)OC(C)(C)C)CC3)nc2-c2ccc(C#N)c(F)c2)cc1F. The molecule has 3 aromatic rings. The van der Waals surface area contributed by atoms with Crippen LogP contribution in [-0.2, 0) is 16.1 Å². The number of aromatic nitrogens is 2. The Kier molecular flexibility index (Phi) is 8.38. The molecule has 4 rings (SSSR count). The quantitative estimate of drug-likeness (QED) is 0.450. The maximum Gasteiger partial charge on any atom is 0.410 e. The van der Waals surface area contributed by atoms with Crippen LogP contribution < -0.4 is 4.74 Å². The summed E-state index contributed by atoms with van der Waals surface area (Å²) in [4.78, 5) is 29.0. The van der Waals surface area contributed by atoms with Crippen molar-refractivity contribution in [2.24, 2.45) is 0 Å². The predicted octanol–water partition coefficient (Wildman–Crippen LogP) is 4.84. The predicted molar refractivity (Wildman–Crippen MR) is 143 cm³/mol. The fourth-order valence-corrected chi connectivity index (χ4v) is 4.43. The number of hydrogen-bond donors (Lipinski definition) is 0. The number of carbonyl (C=O) groups excluding carboxylic acids is 2. The van der Waals surface area contributed by atoms with E-state index in [0.29, 0.717) is 55.0 Å². The molecular weight excluding hydrogens is 520 g/mol. The summed E-state index contributed by atoms with van der Waals surface area (Å²) >= 11 is 0. The van der Waals surface area contributed by atoms with Gasteiger partial charge in [-0.15, -0.1) is 0 Å². The van der Waals surface area contributed by atoms with Gasteiger partial charge in [-0.25, -0.2) is 13.6 Å². The summed E-state index contributed by atoms with van der Waals surface area (Å²) in [5, 5.41) is 13.7. The first-order valence-electron chi connectivity index (χ1n) is 12.9. The Hall–Kier alpha value is -4.46. The normalized spacial score (nSPS) is 13.9. The Labute approximate surface area is 231 Å². The van der Waals surface area contributed by atoms with Gasteiger partial charge >= 0.3 is 6.09 Å². The fraction of sp³-hybridized carbons (Fsp3) is 0.379. The van der Waals surface area contributed by atoms with Crippen molar-refractivity contribution in [1.29, 1.82) is 5.26 Å². The number of nitrogens with zero attached hydrogens (tertiary/aromatic N) is 5. The summed E-state index contributed by atoms with van der Waals surface area (Å²) in [6.45, 7) is 6.91. The average Bonchev–Trinajstić information content (AvgIpc) is 3.14. The van der Waals surface area contributed by atoms with Gasteiger partial charge in [-0.2, -0.15) is 10.4 Å². The highest BCUT2D eigenvalue weighted by Crippen LogP contribution is 2.34. The number of benzene rings is 2. The Morgan fingerprint density at radius 2 is 1.68 bits per heavy atom. The van der Waals surface area contributed by atoms with Crippen molar-refractivity contribution in [3.05, 3.63) is 59.8 Å². The van der Waals surface area contributed by atoms with E-state index in [1.165, 1.54) is 36.1 Å². The van der Waals surface area contributed by atoms with Crippen LogP contribution in [0, 0.1) is 23.0 Å². The van der Waals surface area contributed by atoms with Crippen molar-refractivity contribution in [2.45, 2.75) is 39.3 Å². The van der Waals surface area contributed by atoms with E-state index in [1.54, 1.807) is 55.0 Å². The number of methoxy groups -OCH3 is 1. The number of rotatable bonds is 5. The molecule has 11 heteroatoms. The number of halogens is 2. The van der Waals surface area contributed by atoms with Crippen LogP contribution in [0.5, 0.6) is 5.75 Å². The van der Waals surface area contributed by atoms with Crippen molar-refractivity contribution >= 4 is 12.0 Å². The summed E-state index contributed by atoms with van der Waals surface area (Å²) in [5.74, 6) is -1.44. The molecule has 0 unspecified atom stereocenters. The van der Waals surface area contributed by atoms with E-state index >= 15 is 0 Å². The van der Waals surface area contributed by atoms with Gasteiger partial charge < -0.3 is 19.3 Å².